The van der Waals surface area contributed by atoms with Crippen LogP contribution in [0.3, 0.4) is 0 Å². The van der Waals surface area contributed by atoms with Gasteiger partial charge in [0.25, 0.3) is 0 Å². The summed E-state index contributed by atoms with van der Waals surface area (Å²) in [5.74, 6) is 0.717. The van der Waals surface area contributed by atoms with Gasteiger partial charge in [0.2, 0.25) is 5.91 Å². The Kier molecular flexibility index (Phi) is 4.63. The zero-order valence-electron chi connectivity index (χ0n) is 11.8. The third kappa shape index (κ3) is 3.59. The Hall–Kier alpha value is -1.30. The van der Waals surface area contributed by atoms with Crippen molar-refractivity contribution in [1.29, 1.82) is 5.26 Å². The molecule has 2 atom stereocenters. The van der Waals surface area contributed by atoms with E-state index in [9.17, 15) is 10.1 Å². The highest BCUT2D eigenvalue weighted by atomic mass is 16.1. The van der Waals surface area contributed by atoms with Gasteiger partial charge >= 0.3 is 0 Å². The lowest BCUT2D eigenvalue weighted by atomic mass is 9.76. The quantitative estimate of drug-likeness (QED) is 0.788. The number of rotatable bonds is 4. The molecule has 2 aliphatic rings. The van der Waals surface area contributed by atoms with Crippen LogP contribution in [-0.4, -0.2) is 11.4 Å². The van der Waals surface area contributed by atoms with Crippen LogP contribution in [0, 0.1) is 23.2 Å². The number of nitriles is 1. The molecule has 19 heavy (non-hydrogen) atoms. The number of hydrogen-bond acceptors (Lipinski definition) is 2. The molecule has 0 heterocycles. The van der Waals surface area contributed by atoms with Gasteiger partial charge in [-0.15, -0.1) is 0 Å². The molecule has 0 aromatic rings. The first-order chi connectivity index (χ1) is 9.14. The molecule has 2 aliphatic carbocycles. The van der Waals surface area contributed by atoms with Gasteiger partial charge in [-0.2, -0.15) is 5.26 Å². The molecule has 0 aliphatic heterocycles. The van der Waals surface area contributed by atoms with E-state index in [1.165, 1.54) is 19.3 Å². The number of nitrogens with zero attached hydrogens (tertiary/aromatic N) is 1. The molecular formula is C16H24N2O. The highest BCUT2D eigenvalue weighted by Gasteiger charge is 2.36. The van der Waals surface area contributed by atoms with Crippen LogP contribution in [0.1, 0.15) is 58.3 Å². The van der Waals surface area contributed by atoms with Crippen molar-refractivity contribution in [1.82, 2.24) is 5.32 Å². The molecule has 3 nitrogen and oxygen atoms in total. The molecular weight excluding hydrogens is 236 g/mol. The first kappa shape index (κ1) is 14.1. The van der Waals surface area contributed by atoms with E-state index in [1.807, 2.05) is 6.92 Å². The van der Waals surface area contributed by atoms with Crippen LogP contribution in [0.15, 0.2) is 12.2 Å². The fourth-order valence-corrected chi connectivity index (χ4v) is 3.35. The molecule has 0 spiro atoms. The molecule has 0 aromatic heterocycles. The third-order valence-corrected chi connectivity index (χ3v) is 4.61. The summed E-state index contributed by atoms with van der Waals surface area (Å²) < 4.78 is 0. The van der Waals surface area contributed by atoms with Crippen LogP contribution in [0.5, 0.6) is 0 Å². The highest BCUT2D eigenvalue weighted by molar-refractivity contribution is 5.77. The second-order valence-electron chi connectivity index (χ2n) is 6.17. The molecule has 2 rings (SSSR count). The van der Waals surface area contributed by atoms with Crippen molar-refractivity contribution >= 4 is 5.91 Å². The van der Waals surface area contributed by atoms with Crippen LogP contribution in [0.4, 0.5) is 0 Å². The molecule has 0 bridgehead atoms. The lowest BCUT2D eigenvalue weighted by molar-refractivity contribution is -0.123. The Morgan fingerprint density at radius 1 is 1.37 bits per heavy atom. The average Bonchev–Trinajstić information content (AvgIpc) is 2.92. The normalized spacial score (nSPS) is 26.6. The van der Waals surface area contributed by atoms with Crippen LogP contribution in [0.2, 0.25) is 0 Å². The van der Waals surface area contributed by atoms with Crippen LogP contribution >= 0.6 is 0 Å². The van der Waals surface area contributed by atoms with Crippen molar-refractivity contribution in [2.45, 2.75) is 63.8 Å². The largest absolute Gasteiger partial charge is 0.338 e. The second-order valence-corrected chi connectivity index (χ2v) is 6.17. The number of carbonyl (C=O) groups excluding carboxylic acids is 1. The molecule has 1 saturated carbocycles. The van der Waals surface area contributed by atoms with Gasteiger partial charge in [-0.3, -0.25) is 4.79 Å². The Labute approximate surface area is 116 Å². The minimum atomic E-state index is -0.681. The van der Waals surface area contributed by atoms with E-state index in [0.717, 1.165) is 25.7 Å². The van der Waals surface area contributed by atoms with Gasteiger partial charge in [0, 0.05) is 6.42 Å². The monoisotopic (exact) mass is 260 g/mol. The van der Waals surface area contributed by atoms with Crippen molar-refractivity contribution in [3.05, 3.63) is 12.2 Å². The van der Waals surface area contributed by atoms with Gasteiger partial charge in [-0.25, -0.2) is 0 Å². The fraction of sp³-hybridized carbons (Fsp3) is 0.750. The van der Waals surface area contributed by atoms with E-state index in [2.05, 4.69) is 23.5 Å². The number of nitrogens with one attached hydrogen (secondary N) is 1. The first-order valence-corrected chi connectivity index (χ1v) is 7.53. The zero-order chi connectivity index (χ0) is 13.7. The molecule has 1 fully saturated rings. The summed E-state index contributed by atoms with van der Waals surface area (Å²) in [5, 5.41) is 12.5. The molecule has 104 valence electrons. The fourth-order valence-electron chi connectivity index (χ4n) is 3.35. The molecule has 2 unspecified atom stereocenters. The summed E-state index contributed by atoms with van der Waals surface area (Å²) >= 11 is 0. The summed E-state index contributed by atoms with van der Waals surface area (Å²) in [7, 11) is 0. The number of allylic oxidation sites excluding steroid dienone is 2. The van der Waals surface area contributed by atoms with Crippen LogP contribution in [-0.2, 0) is 4.79 Å². The maximum Gasteiger partial charge on any atom is 0.221 e. The number of amides is 1. The SMILES string of the molecule is CC(C#N)(NC(=O)CC1C=CCC1)C1CCCCC1. The van der Waals surface area contributed by atoms with Crippen LogP contribution in [0.25, 0.3) is 0 Å². The van der Waals surface area contributed by atoms with Crippen molar-refractivity contribution < 1.29 is 4.79 Å². The van der Waals surface area contributed by atoms with E-state index in [1.54, 1.807) is 0 Å². The van der Waals surface area contributed by atoms with Gasteiger partial charge < -0.3 is 5.32 Å². The third-order valence-electron chi connectivity index (χ3n) is 4.61. The lowest BCUT2D eigenvalue weighted by Crippen LogP contribution is -2.51. The highest BCUT2D eigenvalue weighted by Crippen LogP contribution is 2.32. The van der Waals surface area contributed by atoms with Crippen molar-refractivity contribution in [3.63, 3.8) is 0 Å². The Balaban J connectivity index is 1.91. The van der Waals surface area contributed by atoms with Gasteiger partial charge in [-0.05, 0) is 44.4 Å². The minimum absolute atomic E-state index is 0.0335. The second kappa shape index (κ2) is 6.23. The van der Waals surface area contributed by atoms with E-state index in [0.29, 0.717) is 18.3 Å². The van der Waals surface area contributed by atoms with E-state index in [4.69, 9.17) is 0 Å². The first-order valence-electron chi connectivity index (χ1n) is 7.53. The summed E-state index contributed by atoms with van der Waals surface area (Å²) in [6.07, 6.45) is 12.7. The molecule has 3 heteroatoms. The number of hydrogen-bond donors (Lipinski definition) is 1. The van der Waals surface area contributed by atoms with Crippen LogP contribution < -0.4 is 5.32 Å². The molecule has 0 saturated heterocycles. The summed E-state index contributed by atoms with van der Waals surface area (Å²) in [6.45, 7) is 1.89. The van der Waals surface area contributed by atoms with E-state index < -0.39 is 5.54 Å². The molecule has 0 radical (unpaired) electrons. The molecule has 1 N–H and O–H groups in total. The smallest absolute Gasteiger partial charge is 0.221 e. The molecule has 1 amide bonds. The predicted octanol–water partition coefficient (Wildman–Crippen LogP) is 3.32. The summed E-state index contributed by atoms with van der Waals surface area (Å²) in [4.78, 5) is 12.1. The Bertz CT molecular complexity index is 390. The van der Waals surface area contributed by atoms with Gasteiger partial charge in [0.05, 0.1) is 6.07 Å². The van der Waals surface area contributed by atoms with Gasteiger partial charge in [0.1, 0.15) is 5.54 Å². The lowest BCUT2D eigenvalue weighted by Gasteiger charge is -2.35. The average molecular weight is 260 g/mol. The Morgan fingerprint density at radius 2 is 2.11 bits per heavy atom. The topological polar surface area (TPSA) is 52.9 Å². The van der Waals surface area contributed by atoms with Crippen molar-refractivity contribution in [3.8, 4) is 6.07 Å². The van der Waals surface area contributed by atoms with E-state index in [-0.39, 0.29) is 5.91 Å². The molecule has 0 aromatic carbocycles. The summed E-state index contributed by atoms with van der Waals surface area (Å²) in [5.41, 5.74) is -0.681. The minimum Gasteiger partial charge on any atom is -0.338 e. The predicted molar refractivity (Wildman–Crippen MR) is 75.2 cm³/mol. The van der Waals surface area contributed by atoms with E-state index >= 15 is 0 Å². The maximum atomic E-state index is 12.1. The van der Waals surface area contributed by atoms with Gasteiger partial charge in [0.15, 0.2) is 0 Å². The summed E-state index contributed by atoms with van der Waals surface area (Å²) in [6, 6.07) is 2.35. The number of carbonyl (C=O) groups is 1. The van der Waals surface area contributed by atoms with Crippen molar-refractivity contribution in [2.24, 2.45) is 11.8 Å². The maximum absolute atomic E-state index is 12.1. The van der Waals surface area contributed by atoms with Crippen molar-refractivity contribution in [2.75, 3.05) is 0 Å². The zero-order valence-corrected chi connectivity index (χ0v) is 11.8. The Morgan fingerprint density at radius 3 is 2.68 bits per heavy atom. The standard InChI is InChI=1S/C16H24N2O/c1-16(12-17,14-9-3-2-4-10-14)18-15(19)11-13-7-5-6-8-13/h5,7,13-14H,2-4,6,8-11H2,1H3,(H,18,19). The van der Waals surface area contributed by atoms with Gasteiger partial charge in [-0.1, -0.05) is 31.4 Å².